The van der Waals surface area contributed by atoms with Crippen LogP contribution in [-0.4, -0.2) is 13.1 Å². The van der Waals surface area contributed by atoms with Crippen molar-refractivity contribution in [3.05, 3.63) is 34.7 Å². The van der Waals surface area contributed by atoms with Crippen molar-refractivity contribution in [1.29, 1.82) is 0 Å². The molecule has 0 aliphatic rings. The highest BCUT2D eigenvalue weighted by molar-refractivity contribution is 7.17. The average Bonchev–Trinajstić information content (AvgIpc) is 2.59. The summed E-state index contributed by atoms with van der Waals surface area (Å²) < 4.78 is 5.86. The summed E-state index contributed by atoms with van der Waals surface area (Å²) in [4.78, 5) is 11.5. The number of fused-ring (bicyclic) bond motifs is 1. The van der Waals surface area contributed by atoms with Crippen molar-refractivity contribution in [3.63, 3.8) is 0 Å². The maximum absolute atomic E-state index is 11.5. The number of thiophene rings is 1. The van der Waals surface area contributed by atoms with Gasteiger partial charge in [0.25, 0.3) is 0 Å². The molecule has 2 aromatic rings. The molecule has 14 heavy (non-hydrogen) atoms. The number of benzene rings is 1. The Kier molecular flexibility index (Phi) is 2.25. The van der Waals surface area contributed by atoms with Crippen LogP contribution in [0.2, 0.25) is 0 Å². The number of hydrogen-bond acceptors (Lipinski definition) is 3. The molecule has 1 heterocycles. The average molecular weight is 206 g/mol. The van der Waals surface area contributed by atoms with Gasteiger partial charge in [0.15, 0.2) is 0 Å². The molecule has 2 nitrogen and oxygen atoms in total. The van der Waals surface area contributed by atoms with Crippen LogP contribution < -0.4 is 0 Å². The summed E-state index contributed by atoms with van der Waals surface area (Å²) in [5.41, 5.74) is 1.79. The number of esters is 1. The quantitative estimate of drug-likeness (QED) is 0.670. The van der Waals surface area contributed by atoms with Gasteiger partial charge in [-0.1, -0.05) is 6.07 Å². The molecule has 0 bridgehead atoms. The largest absolute Gasteiger partial charge is 0.465 e. The van der Waals surface area contributed by atoms with Gasteiger partial charge in [-0.3, -0.25) is 0 Å². The van der Waals surface area contributed by atoms with Crippen molar-refractivity contribution >= 4 is 27.4 Å². The summed E-state index contributed by atoms with van der Waals surface area (Å²) in [7, 11) is 1.41. The fraction of sp³-hybridized carbons (Fsp3) is 0.182. The van der Waals surface area contributed by atoms with E-state index >= 15 is 0 Å². The van der Waals surface area contributed by atoms with Gasteiger partial charge in [0, 0.05) is 10.1 Å². The molecule has 0 aliphatic carbocycles. The maximum Gasteiger partial charge on any atom is 0.338 e. The summed E-state index contributed by atoms with van der Waals surface area (Å²) >= 11 is 1.65. The molecule has 0 aliphatic heterocycles. The van der Waals surface area contributed by atoms with Gasteiger partial charge in [-0.2, -0.15) is 0 Å². The third kappa shape index (κ3) is 1.30. The molecule has 0 spiro atoms. The topological polar surface area (TPSA) is 26.3 Å². The van der Waals surface area contributed by atoms with E-state index in [-0.39, 0.29) is 5.97 Å². The van der Waals surface area contributed by atoms with Crippen molar-refractivity contribution in [2.45, 2.75) is 6.92 Å². The van der Waals surface area contributed by atoms with Crippen LogP contribution in [0.5, 0.6) is 0 Å². The Bertz CT molecular complexity index is 485. The minimum Gasteiger partial charge on any atom is -0.465 e. The standard InChI is InChI=1S/C11H10O2S/c1-7-6-14-9-5-3-4-8(10(7)9)11(12)13-2/h3-6H,1-2H3. The molecule has 0 saturated carbocycles. The van der Waals surface area contributed by atoms with E-state index in [0.717, 1.165) is 15.6 Å². The molecule has 0 saturated heterocycles. The molecule has 0 unspecified atom stereocenters. The lowest BCUT2D eigenvalue weighted by molar-refractivity contribution is 0.0603. The minimum absolute atomic E-state index is 0.267. The van der Waals surface area contributed by atoms with E-state index in [4.69, 9.17) is 4.74 Å². The molecule has 72 valence electrons. The molecular formula is C11H10O2S. The van der Waals surface area contributed by atoms with E-state index in [2.05, 4.69) is 5.38 Å². The van der Waals surface area contributed by atoms with Crippen LogP contribution in [-0.2, 0) is 4.74 Å². The number of methoxy groups -OCH3 is 1. The van der Waals surface area contributed by atoms with Gasteiger partial charge < -0.3 is 4.74 Å². The second kappa shape index (κ2) is 3.42. The van der Waals surface area contributed by atoms with E-state index < -0.39 is 0 Å². The van der Waals surface area contributed by atoms with Gasteiger partial charge in [-0.15, -0.1) is 11.3 Å². The van der Waals surface area contributed by atoms with E-state index in [0.29, 0.717) is 5.56 Å². The zero-order valence-electron chi connectivity index (χ0n) is 8.03. The number of carbonyl (C=O) groups is 1. The second-order valence-electron chi connectivity index (χ2n) is 3.09. The molecule has 0 atom stereocenters. The second-order valence-corrected chi connectivity index (χ2v) is 4.00. The van der Waals surface area contributed by atoms with Gasteiger partial charge in [-0.05, 0) is 30.0 Å². The summed E-state index contributed by atoms with van der Waals surface area (Å²) in [6.45, 7) is 2.01. The fourth-order valence-electron chi connectivity index (χ4n) is 1.53. The molecule has 0 amide bonds. The first kappa shape index (κ1) is 9.21. The van der Waals surface area contributed by atoms with Crippen LogP contribution in [0.25, 0.3) is 10.1 Å². The Morgan fingerprint density at radius 2 is 2.21 bits per heavy atom. The van der Waals surface area contributed by atoms with Crippen LogP contribution >= 0.6 is 11.3 Å². The summed E-state index contributed by atoms with van der Waals surface area (Å²) in [6.07, 6.45) is 0. The molecular weight excluding hydrogens is 196 g/mol. The van der Waals surface area contributed by atoms with Gasteiger partial charge in [0.2, 0.25) is 0 Å². The first-order valence-electron chi connectivity index (χ1n) is 4.29. The van der Waals surface area contributed by atoms with Crippen molar-refractivity contribution in [2.75, 3.05) is 7.11 Å². The molecule has 0 radical (unpaired) electrons. The van der Waals surface area contributed by atoms with Crippen molar-refractivity contribution in [2.24, 2.45) is 0 Å². The first-order valence-corrected chi connectivity index (χ1v) is 5.17. The normalized spacial score (nSPS) is 10.4. The number of hydrogen-bond donors (Lipinski definition) is 0. The molecule has 3 heteroatoms. The van der Waals surface area contributed by atoms with Crippen LogP contribution in [0.3, 0.4) is 0 Å². The Balaban J connectivity index is 2.75. The highest BCUT2D eigenvalue weighted by atomic mass is 32.1. The lowest BCUT2D eigenvalue weighted by Crippen LogP contribution is -2.01. The molecule has 1 aromatic carbocycles. The smallest absolute Gasteiger partial charge is 0.338 e. The SMILES string of the molecule is COC(=O)c1cccc2scc(C)c12. The Hall–Kier alpha value is -1.35. The monoisotopic (exact) mass is 206 g/mol. The van der Waals surface area contributed by atoms with Crippen molar-refractivity contribution < 1.29 is 9.53 Å². The van der Waals surface area contributed by atoms with Crippen LogP contribution in [0.4, 0.5) is 0 Å². The summed E-state index contributed by atoms with van der Waals surface area (Å²) in [5.74, 6) is -0.267. The van der Waals surface area contributed by atoms with Crippen molar-refractivity contribution in [1.82, 2.24) is 0 Å². The van der Waals surface area contributed by atoms with Crippen LogP contribution in [0.1, 0.15) is 15.9 Å². The van der Waals surface area contributed by atoms with E-state index in [9.17, 15) is 4.79 Å². The predicted molar refractivity (Wildman–Crippen MR) is 57.9 cm³/mol. The highest BCUT2D eigenvalue weighted by Crippen LogP contribution is 2.28. The lowest BCUT2D eigenvalue weighted by atomic mass is 10.1. The van der Waals surface area contributed by atoms with E-state index in [1.807, 2.05) is 19.1 Å². The third-order valence-electron chi connectivity index (χ3n) is 2.19. The highest BCUT2D eigenvalue weighted by Gasteiger charge is 2.12. The summed E-state index contributed by atoms with van der Waals surface area (Å²) in [5, 5.41) is 3.07. The molecule has 1 aromatic heterocycles. The Labute approximate surface area is 86.1 Å². The van der Waals surface area contributed by atoms with E-state index in [1.165, 1.54) is 7.11 Å². The van der Waals surface area contributed by atoms with Crippen LogP contribution in [0.15, 0.2) is 23.6 Å². The number of rotatable bonds is 1. The minimum atomic E-state index is -0.267. The molecule has 2 rings (SSSR count). The van der Waals surface area contributed by atoms with Crippen molar-refractivity contribution in [3.8, 4) is 0 Å². The van der Waals surface area contributed by atoms with Gasteiger partial charge in [-0.25, -0.2) is 4.79 Å². The molecule has 0 N–H and O–H groups in total. The third-order valence-corrected chi connectivity index (χ3v) is 3.25. The molecule has 0 fully saturated rings. The lowest BCUT2D eigenvalue weighted by Gasteiger charge is -2.01. The maximum atomic E-state index is 11.5. The zero-order valence-corrected chi connectivity index (χ0v) is 8.85. The fourth-order valence-corrected chi connectivity index (χ4v) is 2.49. The van der Waals surface area contributed by atoms with Gasteiger partial charge >= 0.3 is 5.97 Å². The van der Waals surface area contributed by atoms with E-state index in [1.54, 1.807) is 17.4 Å². The number of carbonyl (C=O) groups excluding carboxylic acids is 1. The summed E-state index contributed by atoms with van der Waals surface area (Å²) in [6, 6.07) is 5.69. The Morgan fingerprint density at radius 3 is 2.93 bits per heavy atom. The van der Waals surface area contributed by atoms with Gasteiger partial charge in [0.05, 0.1) is 12.7 Å². The zero-order chi connectivity index (χ0) is 10.1. The van der Waals surface area contributed by atoms with Crippen LogP contribution in [0, 0.1) is 6.92 Å². The number of aryl methyl sites for hydroxylation is 1. The number of ether oxygens (including phenoxy) is 1. The first-order chi connectivity index (χ1) is 6.74. The van der Waals surface area contributed by atoms with Gasteiger partial charge in [0.1, 0.15) is 0 Å². The Morgan fingerprint density at radius 1 is 1.43 bits per heavy atom. The predicted octanol–water partition coefficient (Wildman–Crippen LogP) is 3.00.